The summed E-state index contributed by atoms with van der Waals surface area (Å²) in [7, 11) is 0. The van der Waals surface area contributed by atoms with Gasteiger partial charge in [-0.2, -0.15) is 0 Å². The first-order valence-electron chi connectivity index (χ1n) is 6.17. The van der Waals surface area contributed by atoms with E-state index in [4.69, 9.17) is 10.9 Å². The van der Waals surface area contributed by atoms with Gasteiger partial charge in [0.15, 0.2) is 5.82 Å². The molecule has 0 fully saturated rings. The van der Waals surface area contributed by atoms with Gasteiger partial charge in [0.2, 0.25) is 5.16 Å². The lowest BCUT2D eigenvalue weighted by atomic mass is 9.98. The van der Waals surface area contributed by atoms with Crippen LogP contribution in [-0.4, -0.2) is 31.7 Å². The number of nitrogens with zero attached hydrogens (tertiary/aromatic N) is 3. The summed E-state index contributed by atoms with van der Waals surface area (Å²) in [6.07, 6.45) is 0.654. The second-order valence-corrected chi connectivity index (χ2v) is 5.41. The van der Waals surface area contributed by atoms with E-state index in [2.05, 4.69) is 29.3 Å². The molecule has 20 heavy (non-hydrogen) atoms. The van der Waals surface area contributed by atoms with Crippen molar-refractivity contribution < 1.29 is 9.90 Å². The highest BCUT2D eigenvalue weighted by Gasteiger charge is 2.15. The molecule has 7 heteroatoms. The average Bonchev–Trinajstić information content (AvgIpc) is 2.78. The molecule has 6 nitrogen and oxygen atoms in total. The van der Waals surface area contributed by atoms with E-state index in [1.807, 2.05) is 18.2 Å². The second-order valence-electron chi connectivity index (χ2n) is 4.47. The van der Waals surface area contributed by atoms with E-state index in [0.29, 0.717) is 17.4 Å². The predicted molar refractivity (Wildman–Crippen MR) is 77.1 cm³/mol. The Morgan fingerprint density at radius 3 is 2.75 bits per heavy atom. The van der Waals surface area contributed by atoms with E-state index in [1.54, 1.807) is 0 Å². The molecule has 0 unspecified atom stereocenters. The molecule has 0 bridgehead atoms. The summed E-state index contributed by atoms with van der Waals surface area (Å²) >= 11 is 1.06. The SMILES string of the molecule is C[C@H](Cc1nnc(SCC(=O)O)n1N)c1ccccc1. The van der Waals surface area contributed by atoms with Crippen LogP contribution in [0.25, 0.3) is 0 Å². The summed E-state index contributed by atoms with van der Waals surface area (Å²) in [6, 6.07) is 10.1. The van der Waals surface area contributed by atoms with E-state index < -0.39 is 5.97 Å². The maximum absolute atomic E-state index is 10.5. The fraction of sp³-hybridized carbons (Fsp3) is 0.308. The lowest BCUT2D eigenvalue weighted by Crippen LogP contribution is -2.16. The third-order valence-electron chi connectivity index (χ3n) is 2.92. The van der Waals surface area contributed by atoms with Gasteiger partial charge in [-0.25, -0.2) is 4.68 Å². The Hall–Kier alpha value is -2.02. The Morgan fingerprint density at radius 1 is 1.40 bits per heavy atom. The number of aromatic nitrogens is 3. The van der Waals surface area contributed by atoms with Gasteiger partial charge in [0.05, 0.1) is 5.75 Å². The van der Waals surface area contributed by atoms with E-state index in [0.717, 1.165) is 11.8 Å². The lowest BCUT2D eigenvalue weighted by molar-refractivity contribution is -0.133. The van der Waals surface area contributed by atoms with Gasteiger partial charge < -0.3 is 10.9 Å². The van der Waals surface area contributed by atoms with Crippen molar-refractivity contribution in [2.45, 2.75) is 24.4 Å². The Labute approximate surface area is 121 Å². The molecule has 0 saturated heterocycles. The summed E-state index contributed by atoms with van der Waals surface area (Å²) in [4.78, 5) is 10.5. The molecule has 2 rings (SSSR count). The number of carboxylic acids is 1. The molecular formula is C13H16N4O2S. The number of thioether (sulfide) groups is 1. The Bertz CT molecular complexity index is 585. The fourth-order valence-corrected chi connectivity index (χ4v) is 2.44. The minimum absolute atomic E-state index is 0.0798. The molecule has 0 amide bonds. The number of nitrogen functional groups attached to an aromatic ring is 1. The summed E-state index contributed by atoms with van der Waals surface area (Å²) < 4.78 is 1.37. The second kappa shape index (κ2) is 6.42. The largest absolute Gasteiger partial charge is 0.481 e. The minimum Gasteiger partial charge on any atom is -0.481 e. The molecule has 1 atom stereocenters. The smallest absolute Gasteiger partial charge is 0.313 e. The van der Waals surface area contributed by atoms with E-state index >= 15 is 0 Å². The first-order chi connectivity index (χ1) is 9.58. The maximum Gasteiger partial charge on any atom is 0.313 e. The highest BCUT2D eigenvalue weighted by atomic mass is 32.2. The molecule has 0 saturated carbocycles. The number of carbonyl (C=O) groups is 1. The third kappa shape index (κ3) is 3.51. The van der Waals surface area contributed by atoms with Crippen molar-refractivity contribution in [2.75, 3.05) is 11.6 Å². The van der Waals surface area contributed by atoms with Gasteiger partial charge >= 0.3 is 5.97 Å². The van der Waals surface area contributed by atoms with Crippen LogP contribution in [0.2, 0.25) is 0 Å². The summed E-state index contributed by atoms with van der Waals surface area (Å²) in [5, 5.41) is 17.0. The zero-order chi connectivity index (χ0) is 14.5. The number of carboxylic acid groups (broad SMARTS) is 1. The van der Waals surface area contributed by atoms with Crippen molar-refractivity contribution in [3.05, 3.63) is 41.7 Å². The Morgan fingerprint density at radius 2 is 2.10 bits per heavy atom. The van der Waals surface area contributed by atoms with E-state index in [1.165, 1.54) is 10.2 Å². The number of aliphatic carboxylic acids is 1. The minimum atomic E-state index is -0.905. The molecule has 0 aliphatic rings. The van der Waals surface area contributed by atoms with Crippen LogP contribution in [0.5, 0.6) is 0 Å². The standard InChI is InChI=1S/C13H16N4O2S/c1-9(10-5-3-2-4-6-10)7-11-15-16-13(17(11)14)20-8-12(18)19/h2-6,9H,7-8,14H2,1H3,(H,18,19)/t9-/m1/s1. The van der Waals surface area contributed by atoms with Crippen LogP contribution in [0.4, 0.5) is 0 Å². The van der Waals surface area contributed by atoms with Gasteiger partial charge in [-0.1, -0.05) is 49.0 Å². The molecule has 1 aromatic carbocycles. The number of rotatable bonds is 6. The van der Waals surface area contributed by atoms with Crippen LogP contribution in [0.3, 0.4) is 0 Å². The monoisotopic (exact) mass is 292 g/mol. The quantitative estimate of drug-likeness (QED) is 0.619. The molecule has 2 aromatic rings. The predicted octanol–water partition coefficient (Wildman–Crippen LogP) is 1.51. The topological polar surface area (TPSA) is 94.0 Å². The van der Waals surface area contributed by atoms with Crippen LogP contribution >= 0.6 is 11.8 Å². The van der Waals surface area contributed by atoms with Crippen LogP contribution in [0.1, 0.15) is 24.2 Å². The number of hydrogen-bond acceptors (Lipinski definition) is 5. The van der Waals surface area contributed by atoms with Crippen molar-refractivity contribution >= 4 is 17.7 Å². The van der Waals surface area contributed by atoms with Crippen molar-refractivity contribution in [1.82, 2.24) is 14.9 Å². The summed E-state index contributed by atoms with van der Waals surface area (Å²) in [6.45, 7) is 2.09. The average molecular weight is 292 g/mol. The molecule has 1 heterocycles. The number of nitrogens with two attached hydrogens (primary N) is 1. The van der Waals surface area contributed by atoms with Crippen LogP contribution < -0.4 is 5.84 Å². The van der Waals surface area contributed by atoms with Crippen molar-refractivity contribution in [3.63, 3.8) is 0 Å². The highest BCUT2D eigenvalue weighted by Crippen LogP contribution is 2.21. The van der Waals surface area contributed by atoms with Crippen LogP contribution in [0, 0.1) is 0 Å². The zero-order valence-corrected chi connectivity index (χ0v) is 11.9. The molecule has 106 valence electrons. The summed E-state index contributed by atoms with van der Waals surface area (Å²) in [5.74, 6) is 5.82. The molecule has 0 aliphatic heterocycles. The number of hydrogen-bond donors (Lipinski definition) is 2. The van der Waals surface area contributed by atoms with Gasteiger partial charge in [-0.3, -0.25) is 4.79 Å². The van der Waals surface area contributed by atoms with Crippen LogP contribution in [-0.2, 0) is 11.2 Å². The van der Waals surface area contributed by atoms with Crippen molar-refractivity contribution in [1.29, 1.82) is 0 Å². The molecule has 0 spiro atoms. The first kappa shape index (κ1) is 14.4. The molecule has 3 N–H and O–H groups in total. The number of benzene rings is 1. The van der Waals surface area contributed by atoms with Crippen LogP contribution in [0.15, 0.2) is 35.5 Å². The van der Waals surface area contributed by atoms with Gasteiger partial charge in [0.25, 0.3) is 0 Å². The Kier molecular flexibility index (Phi) is 4.62. The van der Waals surface area contributed by atoms with E-state index in [-0.39, 0.29) is 11.7 Å². The normalized spacial score (nSPS) is 12.2. The first-order valence-corrected chi connectivity index (χ1v) is 7.15. The van der Waals surface area contributed by atoms with Gasteiger partial charge in [-0.15, -0.1) is 10.2 Å². The summed E-state index contributed by atoms with van der Waals surface area (Å²) in [5.41, 5.74) is 1.20. The maximum atomic E-state index is 10.5. The Balaban J connectivity index is 2.05. The molecule has 0 aliphatic carbocycles. The van der Waals surface area contributed by atoms with Gasteiger partial charge in [-0.05, 0) is 11.5 Å². The molecule has 0 radical (unpaired) electrons. The van der Waals surface area contributed by atoms with Gasteiger partial charge in [0, 0.05) is 6.42 Å². The van der Waals surface area contributed by atoms with Crippen molar-refractivity contribution in [3.8, 4) is 0 Å². The highest BCUT2D eigenvalue weighted by molar-refractivity contribution is 7.99. The lowest BCUT2D eigenvalue weighted by Gasteiger charge is -2.11. The molecular weight excluding hydrogens is 276 g/mol. The zero-order valence-electron chi connectivity index (χ0n) is 11.1. The van der Waals surface area contributed by atoms with Gasteiger partial charge in [0.1, 0.15) is 0 Å². The van der Waals surface area contributed by atoms with Crippen molar-refractivity contribution in [2.24, 2.45) is 0 Å². The van der Waals surface area contributed by atoms with E-state index in [9.17, 15) is 4.79 Å². The molecule has 1 aromatic heterocycles. The third-order valence-corrected chi connectivity index (χ3v) is 3.85. The fourth-order valence-electron chi connectivity index (χ4n) is 1.84.